The zero-order valence-corrected chi connectivity index (χ0v) is 24.7. The molecule has 4 rings (SSSR count). The second-order valence-electron chi connectivity index (χ2n) is 10.9. The van der Waals surface area contributed by atoms with Crippen molar-refractivity contribution in [3.63, 3.8) is 0 Å². The summed E-state index contributed by atoms with van der Waals surface area (Å²) in [6, 6.07) is 17.1. The lowest BCUT2D eigenvalue weighted by Gasteiger charge is -2.25. The highest BCUT2D eigenvalue weighted by atomic mass is 16.5. The van der Waals surface area contributed by atoms with Crippen LogP contribution in [0.2, 0.25) is 0 Å². The third-order valence-corrected chi connectivity index (χ3v) is 7.71. The van der Waals surface area contributed by atoms with E-state index in [1.54, 1.807) is 49.5 Å². The Hall–Kier alpha value is -4.47. The molecule has 4 aromatic rings. The summed E-state index contributed by atoms with van der Waals surface area (Å²) in [5.74, 6) is -0.446. The number of aromatic hydroxyl groups is 3. The minimum Gasteiger partial charge on any atom is -0.508 e. The maximum Gasteiger partial charge on any atom is 0.160 e. The van der Waals surface area contributed by atoms with E-state index in [4.69, 9.17) is 9.47 Å². The lowest BCUT2D eigenvalue weighted by Crippen LogP contribution is -2.30. The van der Waals surface area contributed by atoms with Gasteiger partial charge in [-0.1, -0.05) is 18.2 Å². The van der Waals surface area contributed by atoms with Gasteiger partial charge in [0, 0.05) is 31.3 Å². The van der Waals surface area contributed by atoms with Crippen molar-refractivity contribution in [3.8, 4) is 28.7 Å². The van der Waals surface area contributed by atoms with Crippen molar-refractivity contribution >= 4 is 5.78 Å². The van der Waals surface area contributed by atoms with Gasteiger partial charge in [-0.3, -0.25) is 4.79 Å². The molecule has 0 saturated heterocycles. The molecule has 0 saturated carbocycles. The molecule has 3 atom stereocenters. The van der Waals surface area contributed by atoms with Gasteiger partial charge in [0.15, 0.2) is 23.0 Å². The number of aliphatic hydroxyl groups is 1. The number of aromatic nitrogens is 1. The molecule has 0 aliphatic carbocycles. The smallest absolute Gasteiger partial charge is 0.160 e. The SMILES string of the molecule is CNCc1cc(O)cc(C(Cc2ccc(O)c(OC)c2)C(=O)CC(O)C(Cc2cc[nH]c2)Cc2ccc(O)c(OC)c2)c1. The maximum absolute atomic E-state index is 14.1. The van der Waals surface area contributed by atoms with E-state index in [0.29, 0.717) is 36.4 Å². The molecule has 9 heteroatoms. The quantitative estimate of drug-likeness (QED) is 0.118. The van der Waals surface area contributed by atoms with Gasteiger partial charge in [0.1, 0.15) is 11.5 Å². The minimum absolute atomic E-state index is 0.00308. The first kappa shape index (κ1) is 31.5. The number of ketones is 1. The molecule has 3 unspecified atom stereocenters. The third kappa shape index (κ3) is 8.30. The summed E-state index contributed by atoms with van der Waals surface area (Å²) in [6.45, 7) is 0.507. The number of hydrogen-bond donors (Lipinski definition) is 6. The third-order valence-electron chi connectivity index (χ3n) is 7.71. The van der Waals surface area contributed by atoms with Crippen molar-refractivity contribution < 1.29 is 34.7 Å². The summed E-state index contributed by atoms with van der Waals surface area (Å²) < 4.78 is 10.6. The highest BCUT2D eigenvalue weighted by molar-refractivity contribution is 5.86. The van der Waals surface area contributed by atoms with Gasteiger partial charge in [0.2, 0.25) is 0 Å². The van der Waals surface area contributed by atoms with Gasteiger partial charge in [0.25, 0.3) is 0 Å². The van der Waals surface area contributed by atoms with Crippen molar-refractivity contribution in [2.24, 2.45) is 5.92 Å². The van der Waals surface area contributed by atoms with Crippen LogP contribution < -0.4 is 14.8 Å². The van der Waals surface area contributed by atoms with E-state index in [1.165, 1.54) is 20.3 Å². The van der Waals surface area contributed by atoms with E-state index in [9.17, 15) is 25.2 Å². The van der Waals surface area contributed by atoms with E-state index < -0.39 is 12.0 Å². The first-order chi connectivity index (χ1) is 20.7. The summed E-state index contributed by atoms with van der Waals surface area (Å²) in [5.41, 5.74) is 4.09. The zero-order valence-electron chi connectivity index (χ0n) is 24.7. The van der Waals surface area contributed by atoms with E-state index >= 15 is 0 Å². The number of rotatable bonds is 15. The van der Waals surface area contributed by atoms with Crippen molar-refractivity contribution in [2.75, 3.05) is 21.3 Å². The molecule has 0 bridgehead atoms. The van der Waals surface area contributed by atoms with E-state index in [1.807, 2.05) is 24.5 Å². The predicted octanol–water partition coefficient (Wildman–Crippen LogP) is 4.62. The number of hydrogen-bond acceptors (Lipinski definition) is 8. The second kappa shape index (κ2) is 14.6. The first-order valence-corrected chi connectivity index (χ1v) is 14.2. The van der Waals surface area contributed by atoms with E-state index in [0.717, 1.165) is 22.3 Å². The Bertz CT molecular complexity index is 1500. The zero-order chi connectivity index (χ0) is 30.9. The van der Waals surface area contributed by atoms with Crippen molar-refractivity contribution in [3.05, 3.63) is 101 Å². The summed E-state index contributed by atoms with van der Waals surface area (Å²) in [7, 11) is 4.75. The van der Waals surface area contributed by atoms with Crippen LogP contribution in [-0.2, 0) is 30.6 Å². The van der Waals surface area contributed by atoms with E-state index in [2.05, 4.69) is 10.3 Å². The van der Waals surface area contributed by atoms with Crippen LogP contribution in [0.5, 0.6) is 28.7 Å². The molecule has 1 heterocycles. The lowest BCUT2D eigenvalue weighted by molar-refractivity contribution is -0.123. The number of carbonyl (C=O) groups excluding carboxylic acids is 1. The number of Topliss-reactive ketones (excluding diaryl/α,β-unsaturated/α-hetero) is 1. The standard InChI is InChI=1S/C34H40N2O7/c1-35-19-24-12-25(17-27(37)13-24)28(14-22-5-7-30(39)34(16-22)43-3)32(41)18-31(40)26(11-23-8-9-36-20-23)10-21-4-6-29(38)33(15-21)42-2/h4-9,12-13,15-17,20,26,28,31,35-40H,10-11,14,18-19H2,1-3H3. The Morgan fingerprint density at radius 1 is 0.814 bits per heavy atom. The van der Waals surface area contributed by atoms with Gasteiger partial charge < -0.3 is 40.2 Å². The number of H-pyrrole nitrogens is 1. The normalized spacial score (nSPS) is 13.3. The van der Waals surface area contributed by atoms with Crippen molar-refractivity contribution in [1.29, 1.82) is 0 Å². The molecule has 6 N–H and O–H groups in total. The number of aliphatic hydroxyl groups excluding tert-OH is 1. The molecule has 0 aliphatic rings. The number of aromatic amines is 1. The highest BCUT2D eigenvalue weighted by Crippen LogP contribution is 2.34. The Morgan fingerprint density at radius 2 is 1.44 bits per heavy atom. The number of nitrogens with one attached hydrogen (secondary N) is 2. The molecule has 0 radical (unpaired) electrons. The molecule has 0 spiro atoms. The average molecular weight is 589 g/mol. The van der Waals surface area contributed by atoms with Crippen LogP contribution in [0.3, 0.4) is 0 Å². The summed E-state index contributed by atoms with van der Waals surface area (Å²) in [6.07, 6.45) is 3.86. The highest BCUT2D eigenvalue weighted by Gasteiger charge is 2.29. The largest absolute Gasteiger partial charge is 0.508 e. The fourth-order valence-corrected chi connectivity index (χ4v) is 5.51. The van der Waals surface area contributed by atoms with E-state index in [-0.39, 0.29) is 41.8 Å². The lowest BCUT2D eigenvalue weighted by atomic mass is 9.81. The monoisotopic (exact) mass is 588 g/mol. The van der Waals surface area contributed by atoms with Crippen LogP contribution in [0.25, 0.3) is 0 Å². The topological polar surface area (TPSA) is 144 Å². The van der Waals surface area contributed by atoms with Gasteiger partial charge in [0.05, 0.1) is 20.3 Å². The van der Waals surface area contributed by atoms with Crippen LogP contribution in [0, 0.1) is 5.92 Å². The molecule has 1 aromatic heterocycles. The molecule has 228 valence electrons. The Kier molecular flexibility index (Phi) is 10.7. The number of benzene rings is 3. The summed E-state index contributed by atoms with van der Waals surface area (Å²) in [5, 5.41) is 45.3. The number of methoxy groups -OCH3 is 2. The minimum atomic E-state index is -0.979. The van der Waals surface area contributed by atoms with Crippen LogP contribution in [0.15, 0.2) is 73.1 Å². The molecular formula is C34H40N2O7. The molecular weight excluding hydrogens is 548 g/mol. The van der Waals surface area contributed by atoms with Crippen LogP contribution in [0.4, 0.5) is 0 Å². The number of carbonyl (C=O) groups is 1. The number of phenolic OH excluding ortho intramolecular Hbond substituents is 3. The van der Waals surface area contributed by atoms with Crippen LogP contribution >= 0.6 is 0 Å². The van der Waals surface area contributed by atoms with Crippen molar-refractivity contribution in [1.82, 2.24) is 10.3 Å². The summed E-state index contributed by atoms with van der Waals surface area (Å²) in [4.78, 5) is 17.1. The molecule has 9 nitrogen and oxygen atoms in total. The maximum atomic E-state index is 14.1. The average Bonchev–Trinajstić information content (AvgIpc) is 3.50. The molecule has 0 aliphatic heterocycles. The molecule has 0 amide bonds. The van der Waals surface area contributed by atoms with Crippen molar-refractivity contribution in [2.45, 2.75) is 44.2 Å². The molecule has 3 aromatic carbocycles. The van der Waals surface area contributed by atoms with Crippen LogP contribution in [-0.4, -0.2) is 58.6 Å². The van der Waals surface area contributed by atoms with Gasteiger partial charge in [-0.05, 0) is 103 Å². The number of ether oxygens (including phenoxy) is 2. The van der Waals surface area contributed by atoms with Gasteiger partial charge >= 0.3 is 0 Å². The summed E-state index contributed by atoms with van der Waals surface area (Å²) >= 11 is 0. The fourth-order valence-electron chi connectivity index (χ4n) is 5.51. The van der Waals surface area contributed by atoms with Gasteiger partial charge in [-0.15, -0.1) is 0 Å². The van der Waals surface area contributed by atoms with Gasteiger partial charge in [-0.2, -0.15) is 0 Å². The first-order valence-electron chi connectivity index (χ1n) is 14.2. The Morgan fingerprint density at radius 3 is 2.02 bits per heavy atom. The Balaban J connectivity index is 1.64. The van der Waals surface area contributed by atoms with Crippen LogP contribution in [0.1, 0.15) is 40.2 Å². The fraction of sp³-hybridized carbons (Fsp3) is 0.324. The second-order valence-corrected chi connectivity index (χ2v) is 10.9. The number of phenols is 3. The molecule has 0 fully saturated rings. The Labute approximate surface area is 251 Å². The predicted molar refractivity (Wildman–Crippen MR) is 164 cm³/mol. The van der Waals surface area contributed by atoms with Gasteiger partial charge in [-0.25, -0.2) is 0 Å². The molecule has 43 heavy (non-hydrogen) atoms.